The molecule has 1 atom stereocenters. The molecule has 90 valence electrons. The van der Waals surface area contributed by atoms with E-state index in [2.05, 4.69) is 15.5 Å². The first-order valence-electron chi connectivity index (χ1n) is 5.52. The van der Waals surface area contributed by atoms with Crippen LogP contribution in [0, 0.1) is 5.92 Å². The topological polar surface area (TPSA) is 61.0 Å². The number of nitrogens with one attached hydrogen (secondary N) is 2. The largest absolute Gasteiger partial charge is 0.309 e. The number of amides is 1. The normalized spacial score (nSPS) is 12.8. The van der Waals surface area contributed by atoms with E-state index in [0.717, 1.165) is 18.7 Å². The predicted molar refractivity (Wildman–Crippen MR) is 64.1 cm³/mol. The summed E-state index contributed by atoms with van der Waals surface area (Å²) >= 11 is 0. The lowest BCUT2D eigenvalue weighted by molar-refractivity contribution is -0.119. The van der Waals surface area contributed by atoms with Crippen LogP contribution in [0.4, 0.5) is 5.82 Å². The number of nitrogens with zero attached hydrogens (tertiary/aromatic N) is 2. The number of hydrogen-bond acceptors (Lipinski definition) is 3. The van der Waals surface area contributed by atoms with Crippen molar-refractivity contribution in [1.29, 1.82) is 0 Å². The van der Waals surface area contributed by atoms with Crippen LogP contribution in [0.2, 0.25) is 0 Å². The van der Waals surface area contributed by atoms with Crippen molar-refractivity contribution in [3.63, 3.8) is 0 Å². The number of aromatic amines is 1. The molecule has 0 saturated heterocycles. The van der Waals surface area contributed by atoms with Crippen LogP contribution in [0.1, 0.15) is 26.0 Å². The molecule has 2 N–H and O–H groups in total. The van der Waals surface area contributed by atoms with Gasteiger partial charge in [-0.3, -0.25) is 9.89 Å². The first-order valence-corrected chi connectivity index (χ1v) is 5.52. The van der Waals surface area contributed by atoms with E-state index in [1.807, 2.05) is 38.9 Å². The quantitative estimate of drug-likeness (QED) is 0.796. The van der Waals surface area contributed by atoms with E-state index >= 15 is 0 Å². The number of rotatable bonds is 5. The number of aromatic nitrogens is 2. The molecule has 0 fully saturated rings. The van der Waals surface area contributed by atoms with E-state index in [1.54, 1.807) is 0 Å². The molecule has 0 aliphatic rings. The Labute approximate surface area is 96.2 Å². The van der Waals surface area contributed by atoms with Crippen LogP contribution in [0.5, 0.6) is 0 Å². The maximum Gasteiger partial charge on any atom is 0.228 e. The number of hydrogen-bond donors (Lipinski definition) is 2. The molecule has 0 bridgehead atoms. The van der Waals surface area contributed by atoms with Crippen LogP contribution in [-0.4, -0.2) is 35.1 Å². The van der Waals surface area contributed by atoms with Crippen LogP contribution >= 0.6 is 0 Å². The summed E-state index contributed by atoms with van der Waals surface area (Å²) in [6.07, 6.45) is 0.834. The Morgan fingerprint density at radius 3 is 2.88 bits per heavy atom. The Balaban J connectivity index is 2.55. The van der Waals surface area contributed by atoms with Crippen molar-refractivity contribution < 1.29 is 4.79 Å². The minimum absolute atomic E-state index is 0.0189. The zero-order valence-electron chi connectivity index (χ0n) is 10.4. The zero-order valence-corrected chi connectivity index (χ0v) is 10.4. The van der Waals surface area contributed by atoms with Gasteiger partial charge in [0.05, 0.1) is 5.69 Å². The van der Waals surface area contributed by atoms with E-state index in [1.165, 1.54) is 0 Å². The third-order valence-corrected chi connectivity index (χ3v) is 2.43. The Kier molecular flexibility index (Phi) is 4.49. The Bertz CT molecular complexity index is 346. The molecule has 1 aromatic rings. The first-order chi connectivity index (χ1) is 7.52. The summed E-state index contributed by atoms with van der Waals surface area (Å²) in [4.78, 5) is 13.6. The lowest BCUT2D eigenvalue weighted by atomic mass is 10.1. The van der Waals surface area contributed by atoms with E-state index in [4.69, 9.17) is 0 Å². The van der Waals surface area contributed by atoms with Gasteiger partial charge in [-0.2, -0.15) is 5.10 Å². The number of anilines is 1. The van der Waals surface area contributed by atoms with Gasteiger partial charge in [-0.1, -0.05) is 13.8 Å². The highest BCUT2D eigenvalue weighted by atomic mass is 16.1. The second-order valence-electron chi connectivity index (χ2n) is 4.31. The molecule has 0 saturated carbocycles. The van der Waals surface area contributed by atoms with Crippen LogP contribution in [0.25, 0.3) is 0 Å². The summed E-state index contributed by atoms with van der Waals surface area (Å²) in [7, 11) is 3.97. The van der Waals surface area contributed by atoms with Gasteiger partial charge in [-0.05, 0) is 20.5 Å². The van der Waals surface area contributed by atoms with Gasteiger partial charge in [0.2, 0.25) is 5.91 Å². The number of carbonyl (C=O) groups excluding carboxylic acids is 1. The van der Waals surface area contributed by atoms with E-state index in [0.29, 0.717) is 5.82 Å². The maximum absolute atomic E-state index is 11.6. The van der Waals surface area contributed by atoms with Gasteiger partial charge in [-0.25, -0.2) is 0 Å². The molecule has 16 heavy (non-hydrogen) atoms. The van der Waals surface area contributed by atoms with Gasteiger partial charge >= 0.3 is 0 Å². The van der Waals surface area contributed by atoms with Crippen LogP contribution < -0.4 is 5.32 Å². The summed E-state index contributed by atoms with van der Waals surface area (Å²) in [6.45, 7) is 4.68. The van der Waals surface area contributed by atoms with Gasteiger partial charge in [0.25, 0.3) is 0 Å². The minimum Gasteiger partial charge on any atom is -0.309 e. The highest BCUT2D eigenvalue weighted by Gasteiger charge is 2.12. The molecular weight excluding hydrogens is 204 g/mol. The van der Waals surface area contributed by atoms with Crippen molar-refractivity contribution >= 4 is 11.7 Å². The Morgan fingerprint density at radius 2 is 2.31 bits per heavy atom. The zero-order chi connectivity index (χ0) is 12.1. The summed E-state index contributed by atoms with van der Waals surface area (Å²) < 4.78 is 0. The molecule has 1 heterocycles. The molecule has 5 heteroatoms. The van der Waals surface area contributed by atoms with Gasteiger partial charge in [-0.15, -0.1) is 0 Å². The van der Waals surface area contributed by atoms with Crippen molar-refractivity contribution in [3.8, 4) is 0 Å². The van der Waals surface area contributed by atoms with Gasteiger partial charge in [0, 0.05) is 18.5 Å². The molecule has 0 spiro atoms. The predicted octanol–water partition coefficient (Wildman–Crippen LogP) is 1.46. The molecular formula is C11H20N4O. The molecule has 0 aromatic carbocycles. The minimum atomic E-state index is 0.0189. The van der Waals surface area contributed by atoms with Crippen molar-refractivity contribution in [2.45, 2.75) is 26.8 Å². The summed E-state index contributed by atoms with van der Waals surface area (Å²) in [5, 5.41) is 9.72. The fourth-order valence-electron chi connectivity index (χ4n) is 1.28. The molecule has 1 rings (SSSR count). The molecule has 0 radical (unpaired) electrons. The standard InChI is InChI=1S/C11H20N4O/c1-5-8(2)11(16)12-10-6-9(13-14-10)7-15(3)4/h6,8H,5,7H2,1-4H3,(H2,12,13,14,16). The Hall–Kier alpha value is -1.36. The number of carbonyl (C=O) groups is 1. The van der Waals surface area contributed by atoms with Crippen molar-refractivity contribution in [3.05, 3.63) is 11.8 Å². The fourth-order valence-corrected chi connectivity index (χ4v) is 1.28. The van der Waals surface area contributed by atoms with Crippen molar-refractivity contribution in [2.75, 3.05) is 19.4 Å². The lowest BCUT2D eigenvalue weighted by Gasteiger charge is -2.07. The molecule has 5 nitrogen and oxygen atoms in total. The smallest absolute Gasteiger partial charge is 0.228 e. The number of H-pyrrole nitrogens is 1. The monoisotopic (exact) mass is 224 g/mol. The molecule has 0 aliphatic carbocycles. The third kappa shape index (κ3) is 3.66. The molecule has 1 amide bonds. The van der Waals surface area contributed by atoms with Gasteiger partial charge in [0.1, 0.15) is 0 Å². The molecule has 1 aromatic heterocycles. The average Bonchev–Trinajstić information content (AvgIpc) is 2.63. The van der Waals surface area contributed by atoms with E-state index < -0.39 is 0 Å². The molecule has 1 unspecified atom stereocenters. The van der Waals surface area contributed by atoms with Crippen molar-refractivity contribution in [1.82, 2.24) is 15.1 Å². The van der Waals surface area contributed by atoms with Crippen LogP contribution in [0.3, 0.4) is 0 Å². The van der Waals surface area contributed by atoms with Crippen LogP contribution in [-0.2, 0) is 11.3 Å². The fraction of sp³-hybridized carbons (Fsp3) is 0.636. The maximum atomic E-state index is 11.6. The lowest BCUT2D eigenvalue weighted by Crippen LogP contribution is -2.19. The summed E-state index contributed by atoms with van der Waals surface area (Å²) in [5.41, 5.74) is 0.990. The Morgan fingerprint density at radius 1 is 1.62 bits per heavy atom. The second-order valence-corrected chi connectivity index (χ2v) is 4.31. The van der Waals surface area contributed by atoms with Gasteiger partial charge in [0.15, 0.2) is 5.82 Å². The van der Waals surface area contributed by atoms with Crippen LogP contribution in [0.15, 0.2) is 6.07 Å². The highest BCUT2D eigenvalue weighted by Crippen LogP contribution is 2.09. The summed E-state index contributed by atoms with van der Waals surface area (Å²) in [5.74, 6) is 0.640. The SMILES string of the molecule is CCC(C)C(=O)Nc1cc(CN(C)C)[nH]n1. The third-order valence-electron chi connectivity index (χ3n) is 2.43. The van der Waals surface area contributed by atoms with E-state index in [9.17, 15) is 4.79 Å². The molecule has 0 aliphatic heterocycles. The van der Waals surface area contributed by atoms with Crippen molar-refractivity contribution in [2.24, 2.45) is 5.92 Å². The second kappa shape index (κ2) is 5.65. The summed E-state index contributed by atoms with van der Waals surface area (Å²) in [6, 6.07) is 1.86. The van der Waals surface area contributed by atoms with E-state index in [-0.39, 0.29) is 11.8 Å². The first kappa shape index (κ1) is 12.7. The van der Waals surface area contributed by atoms with Gasteiger partial charge < -0.3 is 10.2 Å². The average molecular weight is 224 g/mol. The highest BCUT2D eigenvalue weighted by molar-refractivity contribution is 5.91.